The summed E-state index contributed by atoms with van der Waals surface area (Å²) >= 11 is 0. The fourth-order valence-corrected chi connectivity index (χ4v) is 6.17. The highest BCUT2D eigenvalue weighted by molar-refractivity contribution is 5.87. The van der Waals surface area contributed by atoms with Crippen molar-refractivity contribution < 1.29 is 94.1 Å². The Morgan fingerprint density at radius 2 is 1.27 bits per heavy atom. The van der Waals surface area contributed by atoms with E-state index in [0.29, 0.717) is 11.1 Å². The molecule has 0 aliphatic carbocycles. The summed E-state index contributed by atoms with van der Waals surface area (Å²) in [5, 5.41) is 113. The molecule has 2 aromatic carbocycles. The molecule has 19 nitrogen and oxygen atoms in total. The van der Waals surface area contributed by atoms with E-state index >= 15 is 0 Å². The van der Waals surface area contributed by atoms with Crippen molar-refractivity contribution in [3.63, 3.8) is 0 Å². The van der Waals surface area contributed by atoms with Gasteiger partial charge in [-0.2, -0.15) is 0 Å². The summed E-state index contributed by atoms with van der Waals surface area (Å²) in [5.74, 6) is -1.78. The molecule has 15 unspecified atom stereocenters. The van der Waals surface area contributed by atoms with E-state index < -0.39 is 117 Å². The maximum atomic E-state index is 13.0. The molecule has 0 amide bonds. The molecule has 55 heavy (non-hydrogen) atoms. The number of aliphatic hydroxyl groups is 8. The van der Waals surface area contributed by atoms with Crippen LogP contribution in [0, 0.1) is 0 Å². The van der Waals surface area contributed by atoms with E-state index in [1.54, 1.807) is 24.3 Å². The van der Waals surface area contributed by atoms with Crippen LogP contribution in [-0.2, 0) is 38.0 Å². The van der Waals surface area contributed by atoms with Gasteiger partial charge in [0.1, 0.15) is 66.8 Å². The first-order valence-electron chi connectivity index (χ1n) is 17.3. The Balaban J connectivity index is 1.33. The SMILES string of the molecule is CC1OC(OC2C(O)C(OCC=Cc3ccc(O)cc3)OC(CO)C2OC(=O)C=Cc2ccc(O)c(O)c2)C(O)C(O)C1OC1OC(CO)C(O)C(O)C1O. The second-order valence-electron chi connectivity index (χ2n) is 13.1. The maximum Gasteiger partial charge on any atom is 0.331 e. The Morgan fingerprint density at radius 1 is 0.655 bits per heavy atom. The van der Waals surface area contributed by atoms with Crippen molar-refractivity contribution in [2.45, 2.75) is 99.0 Å². The topological polar surface area (TPSA) is 304 Å². The molecule has 3 aliphatic heterocycles. The average Bonchev–Trinajstić information content (AvgIpc) is 3.17. The highest BCUT2D eigenvalue weighted by Gasteiger charge is 2.54. The Bertz CT molecular complexity index is 1600. The number of ether oxygens (including phenoxy) is 7. The minimum absolute atomic E-state index is 0.0736. The molecule has 3 aliphatic rings. The van der Waals surface area contributed by atoms with E-state index in [9.17, 15) is 61.0 Å². The molecule has 0 saturated carbocycles. The van der Waals surface area contributed by atoms with Crippen LogP contribution in [0.5, 0.6) is 17.2 Å². The van der Waals surface area contributed by atoms with Gasteiger partial charge in [-0.05, 0) is 48.4 Å². The van der Waals surface area contributed by atoms with Crippen molar-refractivity contribution >= 4 is 18.1 Å². The molecule has 3 saturated heterocycles. The van der Waals surface area contributed by atoms with Gasteiger partial charge in [0.05, 0.1) is 25.9 Å². The standard InChI is InChI=1S/C36H46O19/c1-16-31(54-36-28(46)26(44)25(43)22(14-37)51-36)27(45)29(47)35(50-16)55-33-30(48)34(49-12-2-3-17-4-8-19(39)9-5-17)52-23(15-38)32(33)53-24(42)11-7-18-6-10-20(40)21(41)13-18/h2-11,13,16,22-23,25-41,43-48H,12,14-15H2,1H3. The van der Waals surface area contributed by atoms with Gasteiger partial charge in [-0.1, -0.05) is 30.4 Å². The Morgan fingerprint density at radius 3 is 1.95 bits per heavy atom. The van der Waals surface area contributed by atoms with Gasteiger partial charge in [0, 0.05) is 6.08 Å². The van der Waals surface area contributed by atoms with Gasteiger partial charge in [0.2, 0.25) is 0 Å². The zero-order valence-corrected chi connectivity index (χ0v) is 29.3. The first-order chi connectivity index (χ1) is 26.2. The second-order valence-corrected chi connectivity index (χ2v) is 13.1. The van der Waals surface area contributed by atoms with Crippen molar-refractivity contribution in [3.8, 4) is 17.2 Å². The number of hydrogen-bond donors (Lipinski definition) is 11. The van der Waals surface area contributed by atoms with Gasteiger partial charge in [-0.3, -0.25) is 0 Å². The maximum absolute atomic E-state index is 13.0. The summed E-state index contributed by atoms with van der Waals surface area (Å²) in [5.41, 5.74) is 1.02. The molecule has 0 spiro atoms. The van der Waals surface area contributed by atoms with Crippen LogP contribution >= 0.6 is 0 Å². The number of hydrogen-bond acceptors (Lipinski definition) is 19. The van der Waals surface area contributed by atoms with Crippen molar-refractivity contribution in [2.75, 3.05) is 19.8 Å². The van der Waals surface area contributed by atoms with Gasteiger partial charge in [0.25, 0.3) is 0 Å². The minimum atomic E-state index is -1.94. The van der Waals surface area contributed by atoms with E-state index in [4.69, 9.17) is 33.2 Å². The summed E-state index contributed by atoms with van der Waals surface area (Å²) in [6.45, 7) is -0.278. The molecule has 2 aromatic rings. The molecule has 0 aromatic heterocycles. The van der Waals surface area contributed by atoms with Crippen LogP contribution in [0.15, 0.2) is 54.6 Å². The number of aromatic hydroxyl groups is 3. The number of carbonyl (C=O) groups is 1. The van der Waals surface area contributed by atoms with Crippen molar-refractivity contribution in [2.24, 2.45) is 0 Å². The smallest absolute Gasteiger partial charge is 0.331 e. The molecule has 304 valence electrons. The van der Waals surface area contributed by atoms with E-state index in [1.165, 1.54) is 43.3 Å². The highest BCUT2D eigenvalue weighted by atomic mass is 16.8. The number of carbonyl (C=O) groups excluding carboxylic acids is 1. The minimum Gasteiger partial charge on any atom is -0.508 e. The normalized spacial score (nSPS) is 37.0. The zero-order chi connectivity index (χ0) is 40.0. The van der Waals surface area contributed by atoms with Gasteiger partial charge in [0.15, 0.2) is 36.5 Å². The van der Waals surface area contributed by atoms with Crippen LogP contribution in [-0.4, -0.2) is 174 Å². The molecule has 0 radical (unpaired) electrons. The average molecular weight is 783 g/mol. The molecule has 15 atom stereocenters. The van der Waals surface area contributed by atoms with Gasteiger partial charge in [-0.15, -0.1) is 0 Å². The van der Waals surface area contributed by atoms with Crippen LogP contribution in [0.3, 0.4) is 0 Å². The number of benzene rings is 2. The van der Waals surface area contributed by atoms with Crippen LogP contribution in [0.1, 0.15) is 18.1 Å². The predicted molar refractivity (Wildman–Crippen MR) is 183 cm³/mol. The number of aliphatic hydroxyl groups excluding tert-OH is 8. The lowest BCUT2D eigenvalue weighted by molar-refractivity contribution is -0.376. The third-order valence-corrected chi connectivity index (χ3v) is 9.23. The molecule has 19 heteroatoms. The third-order valence-electron chi connectivity index (χ3n) is 9.23. The van der Waals surface area contributed by atoms with E-state index in [0.717, 1.165) is 6.08 Å². The number of phenols is 3. The first-order valence-corrected chi connectivity index (χ1v) is 17.3. The molecular formula is C36H46O19. The monoisotopic (exact) mass is 782 g/mol. The van der Waals surface area contributed by atoms with Gasteiger partial charge >= 0.3 is 5.97 Å². The fourth-order valence-electron chi connectivity index (χ4n) is 6.17. The lowest BCUT2D eigenvalue weighted by atomic mass is 9.96. The first kappa shape index (κ1) is 42.4. The molecule has 3 fully saturated rings. The van der Waals surface area contributed by atoms with Crippen LogP contribution in [0.25, 0.3) is 12.2 Å². The molecule has 11 N–H and O–H groups in total. The fraction of sp³-hybridized carbons (Fsp3) is 0.528. The number of esters is 1. The number of rotatable bonds is 13. The van der Waals surface area contributed by atoms with Gasteiger partial charge < -0.3 is 89.3 Å². The van der Waals surface area contributed by atoms with Crippen molar-refractivity contribution in [1.29, 1.82) is 0 Å². The number of phenolic OH excluding ortho intramolecular Hbond substituents is 3. The van der Waals surface area contributed by atoms with Crippen LogP contribution in [0.2, 0.25) is 0 Å². The molecule has 0 bridgehead atoms. The van der Waals surface area contributed by atoms with E-state index in [2.05, 4.69) is 0 Å². The van der Waals surface area contributed by atoms with Gasteiger partial charge in [-0.25, -0.2) is 4.79 Å². The summed E-state index contributed by atoms with van der Waals surface area (Å²) in [7, 11) is 0. The summed E-state index contributed by atoms with van der Waals surface area (Å²) in [6, 6.07) is 10.0. The zero-order valence-electron chi connectivity index (χ0n) is 29.3. The molecule has 5 rings (SSSR count). The predicted octanol–water partition coefficient (Wildman–Crippen LogP) is -2.43. The Labute approximate surface area is 314 Å². The largest absolute Gasteiger partial charge is 0.508 e. The summed E-state index contributed by atoms with van der Waals surface area (Å²) in [6.07, 6.45) is -18.9. The van der Waals surface area contributed by atoms with Crippen LogP contribution < -0.4 is 0 Å². The van der Waals surface area contributed by atoms with Crippen molar-refractivity contribution in [3.05, 3.63) is 65.7 Å². The molecule has 3 heterocycles. The lowest BCUT2D eigenvalue weighted by Crippen LogP contribution is -2.66. The Kier molecular flexibility index (Phi) is 14.6. The third kappa shape index (κ3) is 10.2. The van der Waals surface area contributed by atoms with Crippen LogP contribution in [0.4, 0.5) is 0 Å². The quantitative estimate of drug-likeness (QED) is 0.0572. The highest BCUT2D eigenvalue weighted by Crippen LogP contribution is 2.34. The molecular weight excluding hydrogens is 736 g/mol. The summed E-state index contributed by atoms with van der Waals surface area (Å²) < 4.78 is 39.8. The van der Waals surface area contributed by atoms with E-state index in [1.807, 2.05) is 0 Å². The second kappa shape index (κ2) is 18.9. The van der Waals surface area contributed by atoms with Crippen molar-refractivity contribution in [1.82, 2.24) is 0 Å². The summed E-state index contributed by atoms with van der Waals surface area (Å²) in [4.78, 5) is 13.0. The Hall–Kier alpha value is -3.77. The lowest BCUT2D eigenvalue weighted by Gasteiger charge is -2.48. The van der Waals surface area contributed by atoms with E-state index in [-0.39, 0.29) is 18.1 Å².